The van der Waals surface area contributed by atoms with Crippen molar-refractivity contribution in [3.8, 4) is 5.75 Å². The summed E-state index contributed by atoms with van der Waals surface area (Å²) in [6, 6.07) is 17.5. The van der Waals surface area contributed by atoms with E-state index in [-0.39, 0.29) is 12.5 Å². The Bertz CT molecular complexity index is 1070. The van der Waals surface area contributed by atoms with Crippen LogP contribution >= 0.6 is 0 Å². The van der Waals surface area contributed by atoms with Crippen LogP contribution in [0.1, 0.15) is 18.4 Å². The summed E-state index contributed by atoms with van der Waals surface area (Å²) < 4.78 is 5.50. The highest BCUT2D eigenvalue weighted by molar-refractivity contribution is 5.95. The minimum absolute atomic E-state index is 0.00487. The maximum Gasteiger partial charge on any atom is 0.262 e. The zero-order chi connectivity index (χ0) is 21.5. The van der Waals surface area contributed by atoms with Crippen LogP contribution in [-0.4, -0.2) is 25.0 Å². The van der Waals surface area contributed by atoms with Crippen LogP contribution in [0, 0.1) is 6.92 Å². The van der Waals surface area contributed by atoms with Crippen LogP contribution in [0.2, 0.25) is 0 Å². The van der Waals surface area contributed by atoms with Crippen molar-refractivity contribution in [1.29, 1.82) is 0 Å². The molecule has 1 amide bonds. The molecule has 1 aliphatic carbocycles. The molecule has 3 N–H and O–H groups in total. The lowest BCUT2D eigenvalue weighted by Gasteiger charge is -2.23. The number of aliphatic imine (C=N–C) groups is 1. The lowest BCUT2D eigenvalue weighted by atomic mass is 9.99. The molecule has 0 aromatic heterocycles. The van der Waals surface area contributed by atoms with Crippen LogP contribution in [0.5, 0.6) is 5.75 Å². The maximum atomic E-state index is 12.2. The van der Waals surface area contributed by atoms with E-state index in [1.54, 1.807) is 0 Å². The summed E-state index contributed by atoms with van der Waals surface area (Å²) >= 11 is 0. The van der Waals surface area contributed by atoms with E-state index in [1.807, 2.05) is 54.6 Å². The SMILES string of the molecule is Cc1cccc(NC2=NCC=C(C3=CC=C(NC(=O)COc4ccccc4)CC3)N2)c1. The molecular weight excluding hydrogens is 388 g/mol. The van der Waals surface area contributed by atoms with Crippen molar-refractivity contribution in [3.05, 3.63) is 95.4 Å². The second kappa shape index (κ2) is 9.80. The quantitative estimate of drug-likeness (QED) is 0.667. The Labute approximate surface area is 182 Å². The first kappa shape index (κ1) is 20.5. The Morgan fingerprint density at radius 1 is 1.10 bits per heavy atom. The summed E-state index contributed by atoms with van der Waals surface area (Å²) in [6.45, 7) is 2.68. The van der Waals surface area contributed by atoms with Gasteiger partial charge >= 0.3 is 0 Å². The van der Waals surface area contributed by atoms with Crippen molar-refractivity contribution in [2.75, 3.05) is 18.5 Å². The number of para-hydroxylation sites is 1. The minimum Gasteiger partial charge on any atom is -0.484 e. The predicted molar refractivity (Wildman–Crippen MR) is 124 cm³/mol. The Balaban J connectivity index is 1.30. The number of hydrogen-bond donors (Lipinski definition) is 3. The molecule has 0 spiro atoms. The molecule has 1 aliphatic heterocycles. The number of hydrogen-bond acceptors (Lipinski definition) is 5. The summed E-state index contributed by atoms with van der Waals surface area (Å²) in [5.74, 6) is 1.27. The number of rotatable bonds is 6. The summed E-state index contributed by atoms with van der Waals surface area (Å²) in [6.07, 6.45) is 7.69. The smallest absolute Gasteiger partial charge is 0.262 e. The van der Waals surface area contributed by atoms with Crippen molar-refractivity contribution in [2.24, 2.45) is 4.99 Å². The second-order valence-corrected chi connectivity index (χ2v) is 7.46. The van der Waals surface area contributed by atoms with Gasteiger partial charge in [0.2, 0.25) is 5.96 Å². The number of anilines is 1. The van der Waals surface area contributed by atoms with Gasteiger partial charge < -0.3 is 20.7 Å². The van der Waals surface area contributed by atoms with Gasteiger partial charge in [-0.15, -0.1) is 0 Å². The summed E-state index contributed by atoms with van der Waals surface area (Å²) in [7, 11) is 0. The van der Waals surface area contributed by atoms with E-state index in [0.29, 0.717) is 12.3 Å². The van der Waals surface area contributed by atoms with E-state index < -0.39 is 0 Å². The summed E-state index contributed by atoms with van der Waals surface area (Å²) in [5.41, 5.74) is 5.35. The molecule has 158 valence electrons. The summed E-state index contributed by atoms with van der Waals surface area (Å²) in [5, 5.41) is 9.65. The fourth-order valence-electron chi connectivity index (χ4n) is 3.43. The van der Waals surface area contributed by atoms with Gasteiger partial charge in [0.1, 0.15) is 5.75 Å². The topological polar surface area (TPSA) is 74.8 Å². The minimum atomic E-state index is -0.154. The highest BCUT2D eigenvalue weighted by atomic mass is 16.5. The van der Waals surface area contributed by atoms with Gasteiger partial charge in [-0.25, -0.2) is 4.99 Å². The van der Waals surface area contributed by atoms with E-state index in [9.17, 15) is 4.79 Å². The molecule has 6 heteroatoms. The first-order chi connectivity index (χ1) is 15.2. The number of nitrogens with zero attached hydrogens (tertiary/aromatic N) is 1. The molecule has 2 aliphatic rings. The molecule has 0 saturated heterocycles. The van der Waals surface area contributed by atoms with E-state index >= 15 is 0 Å². The van der Waals surface area contributed by atoms with Crippen LogP contribution in [-0.2, 0) is 4.79 Å². The van der Waals surface area contributed by atoms with Crippen molar-refractivity contribution in [1.82, 2.24) is 10.6 Å². The lowest BCUT2D eigenvalue weighted by molar-refractivity contribution is -0.122. The number of benzene rings is 2. The van der Waals surface area contributed by atoms with Gasteiger partial charge in [-0.05, 0) is 67.3 Å². The Hall–Kier alpha value is -3.80. The third-order valence-electron chi connectivity index (χ3n) is 4.99. The number of aryl methyl sites for hydroxylation is 1. The van der Waals surface area contributed by atoms with Crippen molar-refractivity contribution < 1.29 is 9.53 Å². The first-order valence-corrected chi connectivity index (χ1v) is 10.4. The van der Waals surface area contributed by atoms with Gasteiger partial charge in [0.25, 0.3) is 5.91 Å². The Morgan fingerprint density at radius 3 is 2.74 bits per heavy atom. The predicted octanol–water partition coefficient (Wildman–Crippen LogP) is 4.05. The van der Waals surface area contributed by atoms with Crippen LogP contribution in [0.25, 0.3) is 0 Å². The molecule has 4 rings (SSSR count). The van der Waals surface area contributed by atoms with Crippen molar-refractivity contribution in [2.45, 2.75) is 19.8 Å². The molecule has 0 fully saturated rings. The number of carbonyl (C=O) groups excluding carboxylic acids is 1. The van der Waals surface area contributed by atoms with Gasteiger partial charge in [0.05, 0.1) is 6.54 Å². The third-order valence-corrected chi connectivity index (χ3v) is 4.99. The molecule has 0 unspecified atom stereocenters. The van der Waals surface area contributed by atoms with Gasteiger partial charge in [0, 0.05) is 17.1 Å². The molecule has 2 aromatic rings. The lowest BCUT2D eigenvalue weighted by Crippen LogP contribution is -2.34. The summed E-state index contributed by atoms with van der Waals surface area (Å²) in [4.78, 5) is 16.7. The highest BCUT2D eigenvalue weighted by Gasteiger charge is 2.16. The van der Waals surface area contributed by atoms with Crippen LogP contribution in [0.15, 0.2) is 94.8 Å². The molecule has 0 radical (unpaired) electrons. The van der Waals surface area contributed by atoms with E-state index in [2.05, 4.69) is 46.1 Å². The number of guanidine groups is 1. The molecule has 1 heterocycles. The van der Waals surface area contributed by atoms with Crippen LogP contribution < -0.4 is 20.7 Å². The second-order valence-electron chi connectivity index (χ2n) is 7.46. The van der Waals surface area contributed by atoms with Crippen molar-refractivity contribution in [3.63, 3.8) is 0 Å². The molecule has 0 saturated carbocycles. The zero-order valence-corrected chi connectivity index (χ0v) is 17.5. The standard InChI is InChI=1S/C25H26N4O2/c1-18-6-5-7-21(16-18)28-25-26-15-14-23(29-25)19-10-12-20(13-11-19)27-24(30)17-31-22-8-3-2-4-9-22/h2-10,12,14,16H,11,13,15,17H2,1H3,(H,27,30)(H2,26,28,29). The first-order valence-electron chi connectivity index (χ1n) is 10.4. The largest absolute Gasteiger partial charge is 0.484 e. The van der Waals surface area contributed by atoms with Gasteiger partial charge in [-0.2, -0.15) is 0 Å². The number of amides is 1. The van der Waals surface area contributed by atoms with E-state index in [1.165, 1.54) is 11.1 Å². The zero-order valence-electron chi connectivity index (χ0n) is 17.5. The Morgan fingerprint density at radius 2 is 1.97 bits per heavy atom. The highest BCUT2D eigenvalue weighted by Crippen LogP contribution is 2.23. The molecule has 31 heavy (non-hydrogen) atoms. The molecule has 2 aromatic carbocycles. The number of allylic oxidation sites excluding steroid dienone is 4. The number of carbonyl (C=O) groups is 1. The fraction of sp³-hybridized carbons (Fsp3) is 0.200. The number of ether oxygens (including phenoxy) is 1. The molecular formula is C25H26N4O2. The molecule has 6 nitrogen and oxygen atoms in total. The molecule has 0 atom stereocenters. The van der Waals surface area contributed by atoms with Crippen LogP contribution in [0.4, 0.5) is 5.69 Å². The number of nitrogens with one attached hydrogen (secondary N) is 3. The maximum absolute atomic E-state index is 12.2. The third kappa shape index (κ3) is 5.85. The average molecular weight is 415 g/mol. The van der Waals surface area contributed by atoms with E-state index in [4.69, 9.17) is 4.74 Å². The van der Waals surface area contributed by atoms with Crippen LogP contribution in [0.3, 0.4) is 0 Å². The molecule has 0 bridgehead atoms. The van der Waals surface area contributed by atoms with E-state index in [0.717, 1.165) is 35.9 Å². The van der Waals surface area contributed by atoms with Gasteiger partial charge in [-0.1, -0.05) is 36.4 Å². The average Bonchev–Trinajstić information content (AvgIpc) is 2.79. The van der Waals surface area contributed by atoms with Gasteiger partial charge in [0.15, 0.2) is 6.61 Å². The van der Waals surface area contributed by atoms with Crippen molar-refractivity contribution >= 4 is 17.6 Å². The monoisotopic (exact) mass is 414 g/mol. The fourth-order valence-corrected chi connectivity index (χ4v) is 3.43. The van der Waals surface area contributed by atoms with Gasteiger partial charge in [-0.3, -0.25) is 4.79 Å². The normalized spacial score (nSPS) is 15.5. The Kier molecular flexibility index (Phi) is 6.47.